The van der Waals surface area contributed by atoms with Gasteiger partial charge >= 0.3 is 5.97 Å². The number of aliphatic hydroxyl groups excluding tert-OH is 2. The average Bonchev–Trinajstić information content (AvgIpc) is 3.58. The summed E-state index contributed by atoms with van der Waals surface area (Å²) in [5.74, 6) is -0.00199. The molecule has 2 atom stereocenters. The van der Waals surface area contributed by atoms with Gasteiger partial charge in [-0.1, -0.05) is 424 Å². The molecule has 0 aromatic carbocycles. The molecule has 0 aliphatic rings. The van der Waals surface area contributed by atoms with Crippen LogP contribution in [0.5, 0.6) is 0 Å². The van der Waals surface area contributed by atoms with Crippen molar-refractivity contribution in [2.24, 2.45) is 0 Å². The van der Waals surface area contributed by atoms with Gasteiger partial charge in [-0.15, -0.1) is 0 Å². The molecule has 3 N–H and O–H groups in total. The normalized spacial score (nSPS) is 12.5. The molecule has 0 fully saturated rings. The molecule has 0 aromatic rings. The highest BCUT2D eigenvalue weighted by Gasteiger charge is 2.20. The first-order valence-corrected chi connectivity index (χ1v) is 40.9. The van der Waals surface area contributed by atoms with E-state index in [9.17, 15) is 19.8 Å². The zero-order valence-corrected chi connectivity index (χ0v) is 60.3. The molecule has 6 nitrogen and oxygen atoms in total. The number of unbranched alkanes of at least 4 members (excludes halogenated alkanes) is 65. The van der Waals surface area contributed by atoms with Crippen LogP contribution in [0.4, 0.5) is 0 Å². The van der Waals surface area contributed by atoms with E-state index in [1.54, 1.807) is 0 Å². The van der Waals surface area contributed by atoms with Gasteiger partial charge in [0.25, 0.3) is 0 Å². The lowest BCUT2D eigenvalue weighted by Crippen LogP contribution is -2.45. The third kappa shape index (κ3) is 73.6. The fourth-order valence-corrected chi connectivity index (χ4v) is 13.3. The highest BCUT2D eigenvalue weighted by atomic mass is 16.5. The summed E-state index contributed by atoms with van der Waals surface area (Å²) < 4.78 is 5.51. The summed E-state index contributed by atoms with van der Waals surface area (Å²) in [4.78, 5) is 24.7. The summed E-state index contributed by atoms with van der Waals surface area (Å²) in [6.07, 6.45) is 98.9. The molecule has 0 heterocycles. The minimum Gasteiger partial charge on any atom is -0.466 e. The second-order valence-electron chi connectivity index (χ2n) is 28.5. The molecular formula is C82H161NO5. The largest absolute Gasteiger partial charge is 0.466 e. The van der Waals surface area contributed by atoms with Gasteiger partial charge in [-0.2, -0.15) is 0 Å². The first-order chi connectivity index (χ1) is 43.5. The maximum Gasteiger partial charge on any atom is 0.305 e. The minimum absolute atomic E-state index is 0.0241. The molecule has 0 saturated carbocycles. The first-order valence-electron chi connectivity index (χ1n) is 40.9. The fourth-order valence-electron chi connectivity index (χ4n) is 13.3. The molecule has 1 amide bonds. The SMILES string of the molecule is CCCCCCCCCCCCCCCCCCCCCCCC(O)C(CO)NC(=O)CCCCCCCCCCCCCCCCCCC/C=C\CCCCCCCCCCCCCCOC(=O)CCCCCCCCCCCCCCCCCCC. The van der Waals surface area contributed by atoms with Crippen LogP contribution in [-0.4, -0.2) is 47.4 Å². The summed E-state index contributed by atoms with van der Waals surface area (Å²) >= 11 is 0. The highest BCUT2D eigenvalue weighted by molar-refractivity contribution is 5.76. The predicted molar refractivity (Wildman–Crippen MR) is 389 cm³/mol. The smallest absolute Gasteiger partial charge is 0.305 e. The van der Waals surface area contributed by atoms with Crippen molar-refractivity contribution in [1.29, 1.82) is 0 Å². The van der Waals surface area contributed by atoms with Crippen LogP contribution in [0, 0.1) is 0 Å². The number of amides is 1. The lowest BCUT2D eigenvalue weighted by atomic mass is 10.0. The van der Waals surface area contributed by atoms with Gasteiger partial charge in [-0.05, 0) is 51.4 Å². The van der Waals surface area contributed by atoms with Crippen molar-refractivity contribution < 1.29 is 24.5 Å². The monoisotopic (exact) mass is 1240 g/mol. The van der Waals surface area contributed by atoms with Crippen LogP contribution >= 0.6 is 0 Å². The van der Waals surface area contributed by atoms with Crippen molar-refractivity contribution in [2.75, 3.05) is 13.2 Å². The number of rotatable bonds is 78. The first kappa shape index (κ1) is 86.6. The molecule has 0 saturated heterocycles. The van der Waals surface area contributed by atoms with Gasteiger partial charge < -0.3 is 20.3 Å². The van der Waals surface area contributed by atoms with Crippen LogP contribution in [0.25, 0.3) is 0 Å². The number of aliphatic hydroxyl groups is 2. The van der Waals surface area contributed by atoms with Gasteiger partial charge in [0.2, 0.25) is 5.91 Å². The molecule has 0 aromatic heterocycles. The van der Waals surface area contributed by atoms with Crippen molar-refractivity contribution in [2.45, 2.75) is 488 Å². The van der Waals surface area contributed by atoms with Crippen molar-refractivity contribution in [3.8, 4) is 0 Å². The van der Waals surface area contributed by atoms with Gasteiger partial charge in [0.1, 0.15) is 0 Å². The summed E-state index contributed by atoms with van der Waals surface area (Å²) in [6.45, 7) is 5.02. The quantitative estimate of drug-likeness (QED) is 0.0320. The Labute approximate surface area is 552 Å². The lowest BCUT2D eigenvalue weighted by molar-refractivity contribution is -0.143. The average molecular weight is 1240 g/mol. The van der Waals surface area contributed by atoms with E-state index in [0.717, 1.165) is 38.5 Å². The van der Waals surface area contributed by atoms with E-state index < -0.39 is 12.1 Å². The number of ether oxygens (including phenoxy) is 1. The molecule has 88 heavy (non-hydrogen) atoms. The summed E-state index contributed by atoms with van der Waals surface area (Å²) in [6, 6.07) is -0.540. The summed E-state index contributed by atoms with van der Waals surface area (Å²) in [5.41, 5.74) is 0. The molecule has 0 spiro atoms. The Kier molecular flexibility index (Phi) is 76.8. The second-order valence-corrected chi connectivity index (χ2v) is 28.5. The van der Waals surface area contributed by atoms with Crippen molar-refractivity contribution in [3.05, 3.63) is 12.2 Å². The molecule has 0 bridgehead atoms. The van der Waals surface area contributed by atoms with E-state index in [4.69, 9.17) is 4.74 Å². The molecule has 2 unspecified atom stereocenters. The Hall–Kier alpha value is -1.40. The zero-order chi connectivity index (χ0) is 63.5. The summed E-state index contributed by atoms with van der Waals surface area (Å²) in [5, 5.41) is 23.5. The van der Waals surface area contributed by atoms with E-state index in [2.05, 4.69) is 31.3 Å². The van der Waals surface area contributed by atoms with E-state index in [0.29, 0.717) is 25.9 Å². The summed E-state index contributed by atoms with van der Waals surface area (Å²) in [7, 11) is 0. The van der Waals surface area contributed by atoms with E-state index in [1.165, 1.54) is 405 Å². The number of esters is 1. The molecule has 524 valence electrons. The second kappa shape index (κ2) is 78.0. The van der Waals surface area contributed by atoms with Crippen LogP contribution in [-0.2, 0) is 14.3 Å². The molecule has 0 rings (SSSR count). The molecule has 0 aliphatic carbocycles. The topological polar surface area (TPSA) is 95.9 Å². The van der Waals surface area contributed by atoms with Gasteiger partial charge in [0.15, 0.2) is 0 Å². The number of carbonyl (C=O) groups is 2. The molecule has 6 heteroatoms. The third-order valence-electron chi connectivity index (χ3n) is 19.6. The highest BCUT2D eigenvalue weighted by Crippen LogP contribution is 2.21. The Morgan fingerprint density at radius 1 is 0.307 bits per heavy atom. The lowest BCUT2D eigenvalue weighted by Gasteiger charge is -2.22. The number of nitrogens with one attached hydrogen (secondary N) is 1. The molecule has 0 aliphatic heterocycles. The number of allylic oxidation sites excluding steroid dienone is 2. The number of carbonyl (C=O) groups excluding carboxylic acids is 2. The molecule has 0 radical (unpaired) electrons. The Morgan fingerprint density at radius 3 is 0.807 bits per heavy atom. The Morgan fingerprint density at radius 2 is 0.534 bits per heavy atom. The van der Waals surface area contributed by atoms with Gasteiger partial charge in [0, 0.05) is 12.8 Å². The van der Waals surface area contributed by atoms with Crippen LogP contribution < -0.4 is 5.32 Å². The van der Waals surface area contributed by atoms with E-state index in [-0.39, 0.29) is 18.5 Å². The van der Waals surface area contributed by atoms with Crippen molar-refractivity contribution in [3.63, 3.8) is 0 Å². The fraction of sp³-hybridized carbons (Fsp3) is 0.951. The number of hydrogen-bond acceptors (Lipinski definition) is 5. The maximum atomic E-state index is 12.6. The van der Waals surface area contributed by atoms with Crippen molar-refractivity contribution >= 4 is 11.9 Å². The van der Waals surface area contributed by atoms with E-state index >= 15 is 0 Å². The van der Waals surface area contributed by atoms with Gasteiger partial charge in [-0.25, -0.2) is 0 Å². The van der Waals surface area contributed by atoms with Gasteiger partial charge in [-0.3, -0.25) is 9.59 Å². The van der Waals surface area contributed by atoms with E-state index in [1.807, 2.05) is 0 Å². The van der Waals surface area contributed by atoms with Crippen LogP contribution in [0.15, 0.2) is 12.2 Å². The molecular weight excluding hydrogens is 1080 g/mol. The zero-order valence-electron chi connectivity index (χ0n) is 60.3. The Bertz CT molecular complexity index is 1340. The van der Waals surface area contributed by atoms with Crippen LogP contribution in [0.1, 0.15) is 476 Å². The minimum atomic E-state index is -0.663. The van der Waals surface area contributed by atoms with Crippen LogP contribution in [0.2, 0.25) is 0 Å². The third-order valence-corrected chi connectivity index (χ3v) is 19.6. The number of hydrogen-bond donors (Lipinski definition) is 3. The van der Waals surface area contributed by atoms with Crippen molar-refractivity contribution in [1.82, 2.24) is 5.32 Å². The van der Waals surface area contributed by atoms with Crippen LogP contribution in [0.3, 0.4) is 0 Å². The van der Waals surface area contributed by atoms with Gasteiger partial charge in [0.05, 0.1) is 25.4 Å². The standard InChI is InChI=1S/C82H161NO5/c1-3-5-7-9-11-13-15-17-19-21-22-36-39-43-46-50-54-58-62-66-70-74-80(85)79(78-84)83-81(86)75-71-67-63-59-55-51-47-44-40-37-34-32-30-28-26-24-23-25-27-29-31-33-35-38-41-45-49-53-57-61-65-69-73-77-88-82(87)76-72-68-64-60-56-52-48-42-20-18-16-14-12-10-8-6-4-2/h27,29,79-80,84-85H,3-26,28,30-78H2,1-2H3,(H,83,86)/b29-27-. The predicted octanol–water partition coefficient (Wildman–Crippen LogP) is 27.1. The maximum absolute atomic E-state index is 12.6. The Balaban J connectivity index is 3.33.